The van der Waals surface area contributed by atoms with Gasteiger partial charge in [0.1, 0.15) is 0 Å². The van der Waals surface area contributed by atoms with E-state index in [0.29, 0.717) is 5.92 Å². The predicted molar refractivity (Wildman–Crippen MR) is 59.6 cm³/mol. The Labute approximate surface area is 88.9 Å². The maximum absolute atomic E-state index is 5.54. The molecule has 4 heteroatoms. The van der Waals surface area contributed by atoms with E-state index in [0.717, 1.165) is 13.1 Å². The van der Waals surface area contributed by atoms with Gasteiger partial charge in [0.25, 0.3) is 0 Å². The SMILES string of the molecule is NCCN1CCC(c2nccs2)CC1. The summed E-state index contributed by atoms with van der Waals surface area (Å²) in [5.74, 6) is 0.698. The van der Waals surface area contributed by atoms with E-state index in [9.17, 15) is 0 Å². The molecule has 0 amide bonds. The zero-order valence-electron chi connectivity index (χ0n) is 8.35. The van der Waals surface area contributed by atoms with Crippen LogP contribution in [0.1, 0.15) is 23.8 Å². The van der Waals surface area contributed by atoms with Crippen molar-refractivity contribution in [1.82, 2.24) is 9.88 Å². The highest BCUT2D eigenvalue weighted by atomic mass is 32.1. The molecule has 1 fully saturated rings. The molecule has 0 bridgehead atoms. The molecule has 0 spiro atoms. The minimum atomic E-state index is 0.698. The fourth-order valence-electron chi connectivity index (χ4n) is 2.02. The fraction of sp³-hybridized carbons (Fsp3) is 0.700. The molecule has 1 aliphatic rings. The van der Waals surface area contributed by atoms with Crippen molar-refractivity contribution >= 4 is 11.3 Å². The average molecular weight is 211 g/mol. The van der Waals surface area contributed by atoms with Crippen LogP contribution in [0.5, 0.6) is 0 Å². The van der Waals surface area contributed by atoms with Crippen LogP contribution in [0, 0.1) is 0 Å². The van der Waals surface area contributed by atoms with Crippen LogP contribution in [0.2, 0.25) is 0 Å². The molecule has 78 valence electrons. The first kappa shape index (κ1) is 10.1. The Balaban J connectivity index is 1.84. The molecule has 14 heavy (non-hydrogen) atoms. The lowest BCUT2D eigenvalue weighted by molar-refractivity contribution is 0.217. The zero-order chi connectivity index (χ0) is 9.80. The van der Waals surface area contributed by atoms with Crippen LogP contribution >= 0.6 is 11.3 Å². The standard InChI is InChI=1S/C10H17N3S/c11-3-7-13-5-1-9(2-6-13)10-12-4-8-14-10/h4,8-9H,1-3,5-7,11H2. The zero-order valence-corrected chi connectivity index (χ0v) is 9.17. The van der Waals surface area contributed by atoms with Gasteiger partial charge >= 0.3 is 0 Å². The van der Waals surface area contributed by atoms with Gasteiger partial charge in [-0.15, -0.1) is 11.3 Å². The van der Waals surface area contributed by atoms with E-state index in [1.807, 2.05) is 6.20 Å². The average Bonchev–Trinajstić information content (AvgIpc) is 2.72. The molecule has 0 aliphatic carbocycles. The van der Waals surface area contributed by atoms with Crippen molar-refractivity contribution in [2.45, 2.75) is 18.8 Å². The number of hydrogen-bond acceptors (Lipinski definition) is 4. The molecule has 2 N–H and O–H groups in total. The first-order valence-electron chi connectivity index (χ1n) is 5.22. The van der Waals surface area contributed by atoms with E-state index in [1.165, 1.54) is 30.9 Å². The molecule has 1 aromatic heterocycles. The summed E-state index contributed by atoms with van der Waals surface area (Å²) in [5, 5.41) is 3.39. The van der Waals surface area contributed by atoms with Crippen LogP contribution < -0.4 is 5.73 Å². The molecule has 0 atom stereocenters. The highest BCUT2D eigenvalue weighted by Crippen LogP contribution is 2.28. The van der Waals surface area contributed by atoms with Crippen molar-refractivity contribution in [1.29, 1.82) is 0 Å². The Hall–Kier alpha value is -0.450. The second-order valence-electron chi connectivity index (χ2n) is 3.77. The van der Waals surface area contributed by atoms with Crippen LogP contribution in [-0.2, 0) is 0 Å². The van der Waals surface area contributed by atoms with Gasteiger partial charge in [-0.1, -0.05) is 0 Å². The van der Waals surface area contributed by atoms with E-state index < -0.39 is 0 Å². The van der Waals surface area contributed by atoms with E-state index in [2.05, 4.69) is 15.3 Å². The number of thiazole rings is 1. The molecule has 1 saturated heterocycles. The lowest BCUT2D eigenvalue weighted by atomic mass is 9.98. The van der Waals surface area contributed by atoms with E-state index in [-0.39, 0.29) is 0 Å². The summed E-state index contributed by atoms with van der Waals surface area (Å²) in [6, 6.07) is 0. The number of likely N-dealkylation sites (tertiary alicyclic amines) is 1. The van der Waals surface area contributed by atoms with Gasteiger partial charge in [0.2, 0.25) is 0 Å². The van der Waals surface area contributed by atoms with Gasteiger partial charge in [-0.25, -0.2) is 4.98 Å². The third kappa shape index (κ3) is 2.32. The maximum Gasteiger partial charge on any atom is 0.0956 e. The third-order valence-corrected chi connectivity index (χ3v) is 3.77. The van der Waals surface area contributed by atoms with E-state index >= 15 is 0 Å². The highest BCUT2D eigenvalue weighted by molar-refractivity contribution is 7.09. The molecule has 1 aromatic rings. The molecule has 1 aliphatic heterocycles. The number of nitrogens with two attached hydrogens (primary N) is 1. The van der Waals surface area contributed by atoms with Crippen molar-refractivity contribution in [3.8, 4) is 0 Å². The van der Waals surface area contributed by atoms with E-state index in [1.54, 1.807) is 11.3 Å². The van der Waals surface area contributed by atoms with Gasteiger partial charge in [0, 0.05) is 30.6 Å². The molecule has 0 aromatic carbocycles. The van der Waals surface area contributed by atoms with Crippen molar-refractivity contribution in [2.24, 2.45) is 5.73 Å². The van der Waals surface area contributed by atoms with Crippen molar-refractivity contribution in [2.75, 3.05) is 26.2 Å². The van der Waals surface area contributed by atoms with Gasteiger partial charge < -0.3 is 10.6 Å². The highest BCUT2D eigenvalue weighted by Gasteiger charge is 2.21. The van der Waals surface area contributed by atoms with Crippen LogP contribution in [0.3, 0.4) is 0 Å². The van der Waals surface area contributed by atoms with Crippen LogP contribution in [0.15, 0.2) is 11.6 Å². The summed E-state index contributed by atoms with van der Waals surface area (Å²) in [7, 11) is 0. The Morgan fingerprint density at radius 2 is 2.29 bits per heavy atom. The summed E-state index contributed by atoms with van der Waals surface area (Å²) in [6.07, 6.45) is 4.40. The van der Waals surface area contributed by atoms with Crippen LogP contribution in [0.4, 0.5) is 0 Å². The summed E-state index contributed by atoms with van der Waals surface area (Å²) >= 11 is 1.79. The minimum Gasteiger partial charge on any atom is -0.329 e. The summed E-state index contributed by atoms with van der Waals surface area (Å²) in [6.45, 7) is 4.19. The quantitative estimate of drug-likeness (QED) is 0.819. The third-order valence-electron chi connectivity index (χ3n) is 2.83. The molecule has 0 radical (unpaired) electrons. The monoisotopic (exact) mass is 211 g/mol. The molecule has 3 nitrogen and oxygen atoms in total. The molecule has 0 saturated carbocycles. The smallest absolute Gasteiger partial charge is 0.0956 e. The number of aromatic nitrogens is 1. The largest absolute Gasteiger partial charge is 0.329 e. The second kappa shape index (κ2) is 4.87. The van der Waals surface area contributed by atoms with Gasteiger partial charge in [-0.3, -0.25) is 0 Å². The number of rotatable bonds is 3. The topological polar surface area (TPSA) is 42.1 Å². The van der Waals surface area contributed by atoms with Gasteiger partial charge in [-0.05, 0) is 25.9 Å². The van der Waals surface area contributed by atoms with Crippen LogP contribution in [-0.4, -0.2) is 36.1 Å². The van der Waals surface area contributed by atoms with Crippen LogP contribution in [0.25, 0.3) is 0 Å². The summed E-state index contributed by atoms with van der Waals surface area (Å²) in [5.41, 5.74) is 5.54. The summed E-state index contributed by atoms with van der Waals surface area (Å²) < 4.78 is 0. The predicted octanol–water partition coefficient (Wildman–Crippen LogP) is 1.28. The Morgan fingerprint density at radius 3 is 2.86 bits per heavy atom. The molecular formula is C10H17N3S. The Kier molecular flexibility index (Phi) is 3.50. The summed E-state index contributed by atoms with van der Waals surface area (Å²) in [4.78, 5) is 6.83. The van der Waals surface area contributed by atoms with Gasteiger partial charge in [0.15, 0.2) is 0 Å². The molecule has 2 heterocycles. The lowest BCUT2D eigenvalue weighted by Gasteiger charge is -2.30. The van der Waals surface area contributed by atoms with E-state index in [4.69, 9.17) is 5.73 Å². The van der Waals surface area contributed by atoms with Crippen molar-refractivity contribution < 1.29 is 0 Å². The minimum absolute atomic E-state index is 0.698. The second-order valence-corrected chi connectivity index (χ2v) is 4.70. The first-order chi connectivity index (χ1) is 6.90. The Morgan fingerprint density at radius 1 is 1.50 bits per heavy atom. The molecule has 0 unspecified atom stereocenters. The maximum atomic E-state index is 5.54. The van der Waals surface area contributed by atoms with Crippen molar-refractivity contribution in [3.63, 3.8) is 0 Å². The first-order valence-corrected chi connectivity index (χ1v) is 6.10. The molecule has 2 rings (SSSR count). The number of nitrogens with zero attached hydrogens (tertiary/aromatic N) is 2. The molecular weight excluding hydrogens is 194 g/mol. The normalized spacial score (nSPS) is 20.1. The number of piperidine rings is 1. The van der Waals surface area contributed by atoms with Gasteiger partial charge in [-0.2, -0.15) is 0 Å². The fourth-order valence-corrected chi connectivity index (χ4v) is 2.83. The van der Waals surface area contributed by atoms with Crippen molar-refractivity contribution in [3.05, 3.63) is 16.6 Å². The number of hydrogen-bond donors (Lipinski definition) is 1. The Bertz CT molecular complexity index is 252. The van der Waals surface area contributed by atoms with Gasteiger partial charge in [0.05, 0.1) is 5.01 Å². The lowest BCUT2D eigenvalue weighted by Crippen LogP contribution is -2.36.